The van der Waals surface area contributed by atoms with Gasteiger partial charge in [0.15, 0.2) is 5.96 Å². The summed E-state index contributed by atoms with van der Waals surface area (Å²) in [6, 6.07) is 0.520. The molecule has 1 atom stereocenters. The van der Waals surface area contributed by atoms with Crippen LogP contribution in [0.15, 0.2) is 4.99 Å². The molecule has 0 radical (unpaired) electrons. The molecule has 26 heavy (non-hydrogen) atoms. The van der Waals surface area contributed by atoms with Gasteiger partial charge in [-0.25, -0.2) is 0 Å². The van der Waals surface area contributed by atoms with Gasteiger partial charge in [-0.3, -0.25) is 9.89 Å². The summed E-state index contributed by atoms with van der Waals surface area (Å²) in [4.78, 5) is 12.3. The summed E-state index contributed by atoms with van der Waals surface area (Å²) in [6.45, 7) is 12.1. The molecule has 0 aliphatic carbocycles. The van der Waals surface area contributed by atoms with E-state index >= 15 is 0 Å². The van der Waals surface area contributed by atoms with E-state index in [2.05, 4.69) is 46.4 Å². The molecule has 2 aliphatic rings. The molecule has 2 fully saturated rings. The molecule has 2 N–H and O–H groups in total. The Labute approximate surface area is 178 Å². The molecular weight excluding hydrogens is 439 g/mol. The minimum atomic E-state index is 0. The van der Waals surface area contributed by atoms with E-state index in [1.165, 1.54) is 51.7 Å². The minimum Gasteiger partial charge on any atom is -0.357 e. The van der Waals surface area contributed by atoms with Crippen molar-refractivity contribution in [3.05, 3.63) is 0 Å². The number of aliphatic imine (C=N–C) groups is 1. The van der Waals surface area contributed by atoms with Gasteiger partial charge in [-0.2, -0.15) is 0 Å². The summed E-state index contributed by atoms with van der Waals surface area (Å²) >= 11 is 0. The zero-order valence-electron chi connectivity index (χ0n) is 17.2. The molecule has 2 saturated heterocycles. The van der Waals surface area contributed by atoms with E-state index in [0.717, 1.165) is 45.2 Å². The molecule has 154 valence electrons. The number of likely N-dealkylation sites (tertiary alicyclic amines) is 1. The van der Waals surface area contributed by atoms with E-state index in [-0.39, 0.29) is 24.0 Å². The number of rotatable bonds is 7. The van der Waals surface area contributed by atoms with Crippen LogP contribution in [-0.4, -0.2) is 99.7 Å². The Hall–Kier alpha value is -0.120. The molecule has 0 bridgehead atoms. The van der Waals surface area contributed by atoms with E-state index < -0.39 is 0 Å². The Bertz CT molecular complexity index is 384. The average molecular weight is 480 g/mol. The summed E-state index contributed by atoms with van der Waals surface area (Å²) < 4.78 is 0. The molecule has 0 aromatic carbocycles. The Morgan fingerprint density at radius 3 is 2.42 bits per heavy atom. The predicted octanol–water partition coefficient (Wildman–Crippen LogP) is 1.67. The van der Waals surface area contributed by atoms with Gasteiger partial charge in [0.1, 0.15) is 0 Å². The third-order valence-corrected chi connectivity index (χ3v) is 5.43. The summed E-state index contributed by atoms with van der Waals surface area (Å²) in [5.41, 5.74) is 0. The molecule has 7 heteroatoms. The van der Waals surface area contributed by atoms with Gasteiger partial charge < -0.3 is 20.4 Å². The van der Waals surface area contributed by atoms with Crippen LogP contribution in [0.4, 0.5) is 0 Å². The van der Waals surface area contributed by atoms with E-state index in [1.807, 2.05) is 0 Å². The van der Waals surface area contributed by atoms with Crippen molar-refractivity contribution >= 4 is 29.9 Å². The predicted molar refractivity (Wildman–Crippen MR) is 123 cm³/mol. The Morgan fingerprint density at radius 1 is 1.00 bits per heavy atom. The average Bonchev–Trinajstić information content (AvgIpc) is 2.88. The smallest absolute Gasteiger partial charge is 0.191 e. The molecule has 0 aromatic heterocycles. The van der Waals surface area contributed by atoms with Crippen molar-refractivity contribution in [2.24, 2.45) is 4.99 Å². The maximum absolute atomic E-state index is 4.83. The molecule has 0 spiro atoms. The first-order chi connectivity index (χ1) is 12.2. The topological polar surface area (TPSA) is 46.1 Å². The Balaban J connectivity index is 0.00000338. The van der Waals surface area contributed by atoms with Gasteiger partial charge in [0.2, 0.25) is 0 Å². The van der Waals surface area contributed by atoms with Gasteiger partial charge in [-0.15, -0.1) is 24.0 Å². The van der Waals surface area contributed by atoms with Crippen molar-refractivity contribution in [2.75, 3.05) is 73.0 Å². The monoisotopic (exact) mass is 480 g/mol. The Kier molecular flexibility index (Phi) is 12.8. The van der Waals surface area contributed by atoms with Crippen LogP contribution in [0, 0.1) is 0 Å². The lowest BCUT2D eigenvalue weighted by Gasteiger charge is -2.36. The summed E-state index contributed by atoms with van der Waals surface area (Å²) in [6.07, 6.45) is 6.77. The minimum absolute atomic E-state index is 0. The first-order valence-corrected chi connectivity index (χ1v) is 10.3. The van der Waals surface area contributed by atoms with Crippen molar-refractivity contribution in [2.45, 2.75) is 45.1 Å². The maximum Gasteiger partial charge on any atom is 0.191 e. The van der Waals surface area contributed by atoms with Gasteiger partial charge in [0.25, 0.3) is 0 Å². The number of likely N-dealkylation sites (N-methyl/N-ethyl adjacent to an activating group) is 2. The van der Waals surface area contributed by atoms with Crippen LogP contribution in [0.5, 0.6) is 0 Å². The largest absolute Gasteiger partial charge is 0.357 e. The number of guanidine groups is 1. The molecule has 2 aliphatic heterocycles. The summed E-state index contributed by atoms with van der Waals surface area (Å²) in [5, 5.41) is 6.91. The molecule has 0 aromatic rings. The number of nitrogens with one attached hydrogen (secondary N) is 2. The van der Waals surface area contributed by atoms with Gasteiger partial charge in [0.05, 0.1) is 6.54 Å². The highest BCUT2D eigenvalue weighted by molar-refractivity contribution is 14.0. The third-order valence-electron chi connectivity index (χ3n) is 5.43. The van der Waals surface area contributed by atoms with Crippen molar-refractivity contribution in [1.82, 2.24) is 25.3 Å². The van der Waals surface area contributed by atoms with Crippen LogP contribution >= 0.6 is 24.0 Å². The lowest BCUT2D eigenvalue weighted by molar-refractivity contribution is 0.119. The van der Waals surface area contributed by atoms with Crippen LogP contribution < -0.4 is 10.6 Å². The van der Waals surface area contributed by atoms with Crippen molar-refractivity contribution in [3.8, 4) is 0 Å². The van der Waals surface area contributed by atoms with E-state index in [9.17, 15) is 0 Å². The fourth-order valence-corrected chi connectivity index (χ4v) is 3.71. The van der Waals surface area contributed by atoms with E-state index in [1.54, 1.807) is 0 Å². The first-order valence-electron chi connectivity index (χ1n) is 10.3. The zero-order valence-corrected chi connectivity index (χ0v) is 19.5. The van der Waals surface area contributed by atoms with Gasteiger partial charge in [-0.05, 0) is 59.9 Å². The number of hydrogen-bond acceptors (Lipinski definition) is 4. The summed E-state index contributed by atoms with van der Waals surface area (Å²) in [5.74, 6) is 0.972. The van der Waals surface area contributed by atoms with Gasteiger partial charge in [-0.1, -0.05) is 12.8 Å². The number of nitrogens with zero attached hydrogens (tertiary/aromatic N) is 4. The highest BCUT2D eigenvalue weighted by atomic mass is 127. The van der Waals surface area contributed by atoms with Crippen molar-refractivity contribution in [1.29, 1.82) is 0 Å². The number of halogens is 1. The summed E-state index contributed by atoms with van der Waals surface area (Å²) in [7, 11) is 4.42. The second-order valence-electron chi connectivity index (χ2n) is 7.65. The lowest BCUT2D eigenvalue weighted by atomic mass is 10.2. The fourth-order valence-electron chi connectivity index (χ4n) is 3.71. The van der Waals surface area contributed by atoms with Gasteiger partial charge in [0, 0.05) is 38.8 Å². The Morgan fingerprint density at radius 2 is 1.73 bits per heavy atom. The standard InChI is InChI=1S/C19H40N6.HI/c1-4-20-19(22-16-18-17-23(2)14-15-24(18)3)21-10-9-13-25-11-7-5-6-8-12-25;/h18H,4-17H2,1-3H3,(H2,20,21,22);1H. The van der Waals surface area contributed by atoms with E-state index in [4.69, 9.17) is 4.99 Å². The first kappa shape index (κ1) is 23.9. The quantitative estimate of drug-likeness (QED) is 0.251. The molecule has 0 saturated carbocycles. The molecular formula is C19H41IN6. The van der Waals surface area contributed by atoms with Crippen LogP contribution in [-0.2, 0) is 0 Å². The highest BCUT2D eigenvalue weighted by Crippen LogP contribution is 2.09. The van der Waals surface area contributed by atoms with E-state index in [0.29, 0.717) is 6.04 Å². The highest BCUT2D eigenvalue weighted by Gasteiger charge is 2.21. The van der Waals surface area contributed by atoms with Crippen LogP contribution in [0.2, 0.25) is 0 Å². The zero-order chi connectivity index (χ0) is 17.9. The molecule has 1 unspecified atom stereocenters. The molecule has 6 nitrogen and oxygen atoms in total. The second-order valence-corrected chi connectivity index (χ2v) is 7.65. The lowest BCUT2D eigenvalue weighted by Crippen LogP contribution is -2.51. The van der Waals surface area contributed by atoms with Crippen LogP contribution in [0.25, 0.3) is 0 Å². The molecule has 2 heterocycles. The van der Waals surface area contributed by atoms with Crippen molar-refractivity contribution in [3.63, 3.8) is 0 Å². The van der Waals surface area contributed by atoms with Gasteiger partial charge >= 0.3 is 0 Å². The van der Waals surface area contributed by atoms with Crippen LogP contribution in [0.3, 0.4) is 0 Å². The molecule has 0 amide bonds. The number of hydrogen-bond donors (Lipinski definition) is 2. The maximum atomic E-state index is 4.83. The molecule has 2 rings (SSSR count). The second kappa shape index (κ2) is 14.0. The fraction of sp³-hybridized carbons (Fsp3) is 0.947. The van der Waals surface area contributed by atoms with Crippen LogP contribution in [0.1, 0.15) is 39.0 Å². The third kappa shape index (κ3) is 9.19. The van der Waals surface area contributed by atoms with Crippen molar-refractivity contribution < 1.29 is 0 Å². The SMILES string of the molecule is CCNC(=NCC1CN(C)CCN1C)NCCCN1CCCCCC1.I. The number of piperazine rings is 1. The normalized spacial score (nSPS) is 24.0.